The molecule has 0 spiro atoms. The van der Waals surface area contributed by atoms with Gasteiger partial charge in [-0.2, -0.15) is 13.2 Å². The molecule has 0 fully saturated rings. The molecule has 0 aliphatic carbocycles. The van der Waals surface area contributed by atoms with Crippen LogP contribution >= 0.6 is 23.4 Å². The fraction of sp³-hybridized carbons (Fsp3) is 0.250. The molecular weight excluding hydrogens is 633 g/mol. The maximum absolute atomic E-state index is 13.7. The van der Waals surface area contributed by atoms with Crippen molar-refractivity contribution in [1.29, 1.82) is 0 Å². The molecule has 0 aliphatic heterocycles. The molecule has 0 aliphatic rings. The lowest BCUT2D eigenvalue weighted by Gasteiger charge is -2.23. The zero-order valence-electron chi connectivity index (χ0n) is 24.9. The van der Waals surface area contributed by atoms with E-state index in [0.29, 0.717) is 12.8 Å². The molecule has 1 aromatic heterocycles. The molecule has 0 bridgehead atoms. The maximum atomic E-state index is 13.7. The monoisotopic (exact) mass is 666 g/mol. The number of aromatic nitrogens is 1. The van der Waals surface area contributed by atoms with Crippen molar-refractivity contribution in [2.24, 2.45) is 0 Å². The zero-order chi connectivity index (χ0) is 32.7. The lowest BCUT2D eigenvalue weighted by Crippen LogP contribution is -2.28. The summed E-state index contributed by atoms with van der Waals surface area (Å²) in [5.41, 5.74) is 1.49. The van der Waals surface area contributed by atoms with E-state index in [-0.39, 0.29) is 43.5 Å². The summed E-state index contributed by atoms with van der Waals surface area (Å²) in [6.45, 7) is 2.38. The lowest BCUT2D eigenvalue weighted by atomic mass is 9.98. The summed E-state index contributed by atoms with van der Waals surface area (Å²) < 4.78 is 41.0. The van der Waals surface area contributed by atoms with Crippen molar-refractivity contribution < 1.29 is 23.4 Å². The van der Waals surface area contributed by atoms with Gasteiger partial charge in [0.15, 0.2) is 0 Å². The quantitative estimate of drug-likeness (QED) is 0.110. The standard InChI is InChI=1S/C36H34ClF3N2O3S/c37-27-14-16-32(44)30(21-27)33-29-20-26(36(38,39)40)13-15-31(29)41-35(45)34(33)46-23-28(43)12-7-18-42(22-25-10-5-2-6-11-25)19-17-24-8-3-1-4-9-24/h1-6,8-11,13-16,20-21,28,43-44H,7,12,17-19,22-23H2,(H,41,45). The van der Waals surface area contributed by atoms with E-state index in [0.717, 1.165) is 49.9 Å². The van der Waals surface area contributed by atoms with Gasteiger partial charge in [0.05, 0.1) is 16.6 Å². The van der Waals surface area contributed by atoms with Crippen LogP contribution < -0.4 is 5.56 Å². The van der Waals surface area contributed by atoms with Crippen LogP contribution in [0.2, 0.25) is 5.02 Å². The van der Waals surface area contributed by atoms with Gasteiger partial charge in [0.2, 0.25) is 0 Å². The van der Waals surface area contributed by atoms with E-state index >= 15 is 0 Å². The largest absolute Gasteiger partial charge is 0.507 e. The van der Waals surface area contributed by atoms with Gasteiger partial charge in [-0.25, -0.2) is 0 Å². The molecule has 0 radical (unpaired) electrons. The third-order valence-corrected chi connectivity index (χ3v) is 9.23. The number of thioether (sulfide) groups is 1. The minimum absolute atomic E-state index is 0.0945. The van der Waals surface area contributed by atoms with E-state index in [1.165, 1.54) is 35.4 Å². The second-order valence-corrected chi connectivity index (χ2v) is 12.6. The summed E-state index contributed by atoms with van der Waals surface area (Å²) in [4.78, 5) is 18.4. The number of rotatable bonds is 13. The Morgan fingerprint density at radius 3 is 2.28 bits per heavy atom. The summed E-state index contributed by atoms with van der Waals surface area (Å²) >= 11 is 7.25. The highest BCUT2D eigenvalue weighted by Crippen LogP contribution is 2.42. The van der Waals surface area contributed by atoms with Gasteiger partial charge in [0.1, 0.15) is 5.75 Å². The number of aromatic hydroxyl groups is 1. The molecule has 0 saturated carbocycles. The zero-order valence-corrected chi connectivity index (χ0v) is 26.5. The number of nitrogens with zero attached hydrogens (tertiary/aromatic N) is 1. The van der Waals surface area contributed by atoms with Crippen LogP contribution in [0.25, 0.3) is 22.0 Å². The molecule has 10 heteroatoms. The molecule has 46 heavy (non-hydrogen) atoms. The smallest absolute Gasteiger partial charge is 0.416 e. The minimum atomic E-state index is -4.61. The molecule has 240 valence electrons. The van der Waals surface area contributed by atoms with Crippen LogP contribution in [0, 0.1) is 0 Å². The van der Waals surface area contributed by atoms with Crippen LogP contribution in [0.15, 0.2) is 107 Å². The predicted molar refractivity (Wildman–Crippen MR) is 180 cm³/mol. The maximum Gasteiger partial charge on any atom is 0.416 e. The van der Waals surface area contributed by atoms with E-state index < -0.39 is 23.4 Å². The second kappa shape index (κ2) is 15.2. The normalized spacial score (nSPS) is 12.6. The third-order valence-electron chi connectivity index (χ3n) is 7.77. The van der Waals surface area contributed by atoms with E-state index in [1.807, 2.05) is 36.4 Å². The second-order valence-electron chi connectivity index (χ2n) is 11.2. The number of hydrogen-bond acceptors (Lipinski definition) is 5. The van der Waals surface area contributed by atoms with Crippen LogP contribution in [0.3, 0.4) is 0 Å². The summed E-state index contributed by atoms with van der Waals surface area (Å²) in [6, 6.07) is 27.7. The number of nitrogens with one attached hydrogen (secondary N) is 1. The van der Waals surface area contributed by atoms with Gasteiger partial charge in [-0.15, -0.1) is 11.8 Å². The van der Waals surface area contributed by atoms with Gasteiger partial charge >= 0.3 is 6.18 Å². The number of benzene rings is 4. The number of phenolic OH excluding ortho intramolecular Hbond substituents is 1. The van der Waals surface area contributed by atoms with Crippen LogP contribution in [-0.4, -0.2) is 45.0 Å². The highest BCUT2D eigenvalue weighted by molar-refractivity contribution is 7.99. The molecule has 4 aromatic carbocycles. The molecule has 5 nitrogen and oxygen atoms in total. The SMILES string of the molecule is O=c1[nH]c2ccc(C(F)(F)F)cc2c(-c2cc(Cl)ccc2O)c1SCC(O)CCCN(CCc1ccccc1)Cc1ccccc1. The topological polar surface area (TPSA) is 76.6 Å². The average molecular weight is 667 g/mol. The van der Waals surface area contributed by atoms with Crippen LogP contribution in [0.4, 0.5) is 13.2 Å². The Morgan fingerprint density at radius 1 is 0.891 bits per heavy atom. The van der Waals surface area contributed by atoms with Gasteiger partial charge in [0.25, 0.3) is 5.56 Å². The molecule has 1 heterocycles. The first kappa shape index (κ1) is 33.6. The number of fused-ring (bicyclic) bond motifs is 1. The fourth-order valence-electron chi connectivity index (χ4n) is 5.42. The van der Waals surface area contributed by atoms with Crippen molar-refractivity contribution in [1.82, 2.24) is 9.88 Å². The number of H-pyrrole nitrogens is 1. The van der Waals surface area contributed by atoms with E-state index in [4.69, 9.17) is 11.6 Å². The van der Waals surface area contributed by atoms with Crippen molar-refractivity contribution in [3.05, 3.63) is 129 Å². The summed E-state index contributed by atoms with van der Waals surface area (Å²) in [7, 11) is 0. The third kappa shape index (κ3) is 8.73. The number of alkyl halides is 3. The Bertz CT molecular complexity index is 1820. The number of pyridine rings is 1. The van der Waals surface area contributed by atoms with Gasteiger partial charge in [0, 0.05) is 45.9 Å². The molecule has 0 saturated heterocycles. The number of aliphatic hydroxyl groups is 1. The first-order chi connectivity index (χ1) is 22.1. The number of hydrogen-bond donors (Lipinski definition) is 3. The van der Waals surface area contributed by atoms with Gasteiger partial charge in [-0.1, -0.05) is 72.3 Å². The van der Waals surface area contributed by atoms with Gasteiger partial charge < -0.3 is 15.2 Å². The van der Waals surface area contributed by atoms with Crippen LogP contribution in [-0.2, 0) is 19.1 Å². The van der Waals surface area contributed by atoms with Crippen molar-refractivity contribution in [3.63, 3.8) is 0 Å². The first-order valence-electron chi connectivity index (χ1n) is 15.0. The van der Waals surface area contributed by atoms with E-state index in [2.05, 4.69) is 34.1 Å². The molecule has 5 rings (SSSR count). The molecule has 1 atom stereocenters. The Kier molecular flexibility index (Phi) is 11.1. The number of halogens is 4. The van der Waals surface area contributed by atoms with Crippen molar-refractivity contribution in [3.8, 4) is 16.9 Å². The Balaban J connectivity index is 1.32. The highest BCUT2D eigenvalue weighted by Gasteiger charge is 2.31. The number of aliphatic hydroxyl groups excluding tert-OH is 1. The molecule has 3 N–H and O–H groups in total. The molecular formula is C36H34ClF3N2O3S. The first-order valence-corrected chi connectivity index (χ1v) is 16.3. The fourth-order valence-corrected chi connectivity index (χ4v) is 6.67. The van der Waals surface area contributed by atoms with Crippen molar-refractivity contribution in [2.75, 3.05) is 18.8 Å². The van der Waals surface area contributed by atoms with Crippen molar-refractivity contribution >= 4 is 34.3 Å². The lowest BCUT2D eigenvalue weighted by molar-refractivity contribution is -0.137. The summed E-state index contributed by atoms with van der Waals surface area (Å²) in [6.07, 6.45) is -3.34. The Morgan fingerprint density at radius 2 is 1.59 bits per heavy atom. The summed E-state index contributed by atoms with van der Waals surface area (Å²) in [5.74, 6) is -0.102. The van der Waals surface area contributed by atoms with Crippen LogP contribution in [0.1, 0.15) is 29.5 Å². The van der Waals surface area contributed by atoms with E-state index in [9.17, 15) is 28.2 Å². The minimum Gasteiger partial charge on any atom is -0.507 e. The van der Waals surface area contributed by atoms with E-state index in [1.54, 1.807) is 0 Å². The van der Waals surface area contributed by atoms with Crippen molar-refractivity contribution in [2.45, 2.75) is 43.0 Å². The van der Waals surface area contributed by atoms with Gasteiger partial charge in [-0.05, 0) is 73.3 Å². The highest BCUT2D eigenvalue weighted by atomic mass is 35.5. The number of aromatic amines is 1. The molecule has 5 aromatic rings. The Hall–Kier alpha value is -3.76. The average Bonchev–Trinajstić information content (AvgIpc) is 3.04. The number of phenols is 1. The molecule has 1 unspecified atom stereocenters. The summed E-state index contributed by atoms with van der Waals surface area (Å²) in [5, 5.41) is 22.0. The van der Waals surface area contributed by atoms with Crippen LogP contribution in [0.5, 0.6) is 5.75 Å². The Labute approximate surface area is 274 Å². The predicted octanol–water partition coefficient (Wildman–Crippen LogP) is 8.55. The van der Waals surface area contributed by atoms with Gasteiger partial charge in [-0.3, -0.25) is 9.69 Å². The molecule has 0 amide bonds.